The van der Waals surface area contributed by atoms with Crippen molar-refractivity contribution in [1.29, 1.82) is 0 Å². The van der Waals surface area contributed by atoms with Crippen LogP contribution >= 0.6 is 23.5 Å². The third-order valence-electron chi connectivity index (χ3n) is 2.95. The Kier molecular flexibility index (Phi) is 9.01. The van der Waals surface area contributed by atoms with Crippen LogP contribution < -0.4 is 5.32 Å². The third kappa shape index (κ3) is 7.22. The van der Waals surface area contributed by atoms with E-state index in [-0.39, 0.29) is 23.3 Å². The lowest BCUT2D eigenvalue weighted by atomic mass is 10.3. The summed E-state index contributed by atoms with van der Waals surface area (Å²) in [4.78, 5) is 25.7. The first-order valence-corrected chi connectivity index (χ1v) is 9.20. The van der Waals surface area contributed by atoms with Gasteiger partial charge in [-0.05, 0) is 26.0 Å². The third-order valence-corrected chi connectivity index (χ3v) is 4.66. The van der Waals surface area contributed by atoms with Crippen molar-refractivity contribution in [2.45, 2.75) is 24.5 Å². The molecule has 0 aliphatic carbocycles. The number of benzene rings is 1. The van der Waals surface area contributed by atoms with Crippen LogP contribution in [0.5, 0.6) is 0 Å². The lowest BCUT2D eigenvalue weighted by molar-refractivity contribution is -0.127. The molecule has 8 heteroatoms. The molecule has 23 heavy (non-hydrogen) atoms. The highest BCUT2D eigenvalue weighted by atomic mass is 32.2. The minimum Gasteiger partial charge on any atom is -0.343 e. The van der Waals surface area contributed by atoms with Gasteiger partial charge in [-0.3, -0.25) is 9.59 Å². The van der Waals surface area contributed by atoms with Gasteiger partial charge >= 0.3 is 0 Å². The summed E-state index contributed by atoms with van der Waals surface area (Å²) in [5.74, 6) is -2.55. The van der Waals surface area contributed by atoms with Crippen molar-refractivity contribution >= 4 is 41.0 Å². The maximum Gasteiger partial charge on any atom is 0.288 e. The van der Waals surface area contributed by atoms with E-state index in [4.69, 9.17) is 0 Å². The van der Waals surface area contributed by atoms with Crippen LogP contribution in [-0.2, 0) is 9.59 Å². The number of hydrogen-bond donors (Lipinski definition) is 1. The van der Waals surface area contributed by atoms with Crippen LogP contribution in [0.1, 0.15) is 13.8 Å². The molecule has 0 saturated heterocycles. The summed E-state index contributed by atoms with van der Waals surface area (Å²) in [6, 6.07) is 6.41. The van der Waals surface area contributed by atoms with E-state index in [0.717, 1.165) is 0 Å². The van der Waals surface area contributed by atoms with Gasteiger partial charge in [-0.2, -0.15) is 8.78 Å². The number of carbonyl (C=O) groups excluding carboxylic acids is 2. The fraction of sp³-hybridized carbons (Fsp3) is 0.467. The van der Waals surface area contributed by atoms with Crippen molar-refractivity contribution in [3.63, 3.8) is 0 Å². The summed E-state index contributed by atoms with van der Waals surface area (Å²) in [5, 5.41) is 2.61. The number of para-hydroxylation sites is 1. The van der Waals surface area contributed by atoms with Crippen LogP contribution in [0.3, 0.4) is 0 Å². The number of nitrogens with zero attached hydrogens (tertiary/aromatic N) is 1. The standard InChI is InChI=1S/C15H20F2N2O2S2/c1-3-19(4-2)14(21)10-22-9-13(20)18-11-7-5-6-8-12(11)23-15(16)17/h5-8,15H,3-4,9-10H2,1-2H3,(H,18,20). The highest BCUT2D eigenvalue weighted by Gasteiger charge is 2.13. The number of nitrogens with one attached hydrogen (secondary N) is 1. The van der Waals surface area contributed by atoms with Gasteiger partial charge in [0.15, 0.2) is 0 Å². The second-order valence-corrected chi connectivity index (χ2v) is 6.50. The number of amides is 2. The zero-order valence-electron chi connectivity index (χ0n) is 13.1. The van der Waals surface area contributed by atoms with E-state index in [1.807, 2.05) is 13.8 Å². The maximum atomic E-state index is 12.5. The van der Waals surface area contributed by atoms with E-state index < -0.39 is 5.76 Å². The molecule has 1 N–H and O–H groups in total. The molecule has 4 nitrogen and oxygen atoms in total. The Bertz CT molecular complexity index is 526. The first-order valence-electron chi connectivity index (χ1n) is 7.17. The Morgan fingerprint density at radius 3 is 2.43 bits per heavy atom. The molecule has 0 aliphatic heterocycles. The summed E-state index contributed by atoms with van der Waals surface area (Å²) in [7, 11) is 0. The van der Waals surface area contributed by atoms with Crippen molar-refractivity contribution < 1.29 is 18.4 Å². The molecule has 1 aromatic carbocycles. The average molecular weight is 362 g/mol. The summed E-state index contributed by atoms with van der Waals surface area (Å²) in [5.41, 5.74) is 0.360. The second kappa shape index (κ2) is 10.5. The summed E-state index contributed by atoms with van der Waals surface area (Å²) in [6.45, 7) is 5.08. The largest absolute Gasteiger partial charge is 0.343 e. The monoisotopic (exact) mass is 362 g/mol. The average Bonchev–Trinajstić information content (AvgIpc) is 2.50. The van der Waals surface area contributed by atoms with Gasteiger partial charge in [-0.25, -0.2) is 0 Å². The first kappa shape index (κ1) is 19.8. The SMILES string of the molecule is CCN(CC)C(=O)CSCC(=O)Nc1ccccc1SC(F)F. The molecule has 128 valence electrons. The van der Waals surface area contributed by atoms with E-state index in [1.165, 1.54) is 17.8 Å². The molecule has 0 radical (unpaired) electrons. The maximum absolute atomic E-state index is 12.5. The predicted octanol–water partition coefficient (Wildman–Crippen LogP) is 3.54. The minimum atomic E-state index is -2.55. The molecule has 0 aliphatic rings. The van der Waals surface area contributed by atoms with Gasteiger partial charge in [0.2, 0.25) is 11.8 Å². The summed E-state index contributed by atoms with van der Waals surface area (Å²) in [6.07, 6.45) is 0. The number of alkyl halides is 2. The molecule has 0 heterocycles. The number of hydrogen-bond acceptors (Lipinski definition) is 4. The molecule has 0 saturated carbocycles. The van der Waals surface area contributed by atoms with Gasteiger partial charge < -0.3 is 10.2 Å². The fourth-order valence-electron chi connectivity index (χ4n) is 1.85. The highest BCUT2D eigenvalue weighted by Crippen LogP contribution is 2.31. The Morgan fingerprint density at radius 2 is 1.83 bits per heavy atom. The Balaban J connectivity index is 2.47. The number of carbonyl (C=O) groups is 2. The van der Waals surface area contributed by atoms with Crippen LogP contribution in [0.25, 0.3) is 0 Å². The fourth-order valence-corrected chi connectivity index (χ4v) is 3.17. The van der Waals surface area contributed by atoms with Gasteiger partial charge in [0.1, 0.15) is 0 Å². The number of anilines is 1. The number of rotatable bonds is 9. The predicted molar refractivity (Wildman–Crippen MR) is 92.2 cm³/mol. The molecule has 0 unspecified atom stereocenters. The highest BCUT2D eigenvalue weighted by molar-refractivity contribution is 8.00. The number of thioether (sulfide) groups is 2. The zero-order chi connectivity index (χ0) is 17.2. The van der Waals surface area contributed by atoms with Crippen LogP contribution in [0.4, 0.5) is 14.5 Å². The van der Waals surface area contributed by atoms with Gasteiger partial charge in [0.25, 0.3) is 5.76 Å². The van der Waals surface area contributed by atoms with E-state index >= 15 is 0 Å². The molecule has 0 fully saturated rings. The van der Waals surface area contributed by atoms with Crippen LogP contribution in [0, 0.1) is 0 Å². The minimum absolute atomic E-state index is 0.0125. The smallest absolute Gasteiger partial charge is 0.288 e. The van der Waals surface area contributed by atoms with Gasteiger partial charge in [-0.15, -0.1) is 11.8 Å². The molecule has 0 atom stereocenters. The van der Waals surface area contributed by atoms with E-state index in [1.54, 1.807) is 23.1 Å². The molecule has 0 aromatic heterocycles. The summed E-state index contributed by atoms with van der Waals surface area (Å²) >= 11 is 1.60. The van der Waals surface area contributed by atoms with Gasteiger partial charge in [-0.1, -0.05) is 23.9 Å². The first-order chi connectivity index (χ1) is 11.0. The molecular weight excluding hydrogens is 342 g/mol. The Morgan fingerprint density at radius 1 is 1.17 bits per heavy atom. The lowest BCUT2D eigenvalue weighted by Crippen LogP contribution is -2.32. The van der Waals surface area contributed by atoms with Crippen molar-refractivity contribution in [3.8, 4) is 0 Å². The Labute approximate surface area is 143 Å². The quantitative estimate of drug-likeness (QED) is 0.683. The number of halogens is 2. The van der Waals surface area contributed by atoms with E-state index in [9.17, 15) is 18.4 Å². The van der Waals surface area contributed by atoms with Crippen molar-refractivity contribution in [2.24, 2.45) is 0 Å². The van der Waals surface area contributed by atoms with Gasteiger partial charge in [0, 0.05) is 18.0 Å². The van der Waals surface area contributed by atoms with Crippen molar-refractivity contribution in [2.75, 3.05) is 29.9 Å². The molecule has 2 amide bonds. The van der Waals surface area contributed by atoms with Crippen LogP contribution in [-0.4, -0.2) is 47.1 Å². The topological polar surface area (TPSA) is 49.4 Å². The molecule has 1 rings (SSSR count). The van der Waals surface area contributed by atoms with Crippen LogP contribution in [0.15, 0.2) is 29.2 Å². The normalized spacial score (nSPS) is 10.7. The van der Waals surface area contributed by atoms with Gasteiger partial charge in [0.05, 0.1) is 17.2 Å². The van der Waals surface area contributed by atoms with Crippen molar-refractivity contribution in [3.05, 3.63) is 24.3 Å². The summed E-state index contributed by atoms with van der Waals surface area (Å²) < 4.78 is 25.0. The molecule has 0 spiro atoms. The molecule has 0 bridgehead atoms. The zero-order valence-corrected chi connectivity index (χ0v) is 14.7. The lowest BCUT2D eigenvalue weighted by Gasteiger charge is -2.18. The van der Waals surface area contributed by atoms with Crippen LogP contribution in [0.2, 0.25) is 0 Å². The van der Waals surface area contributed by atoms with E-state index in [2.05, 4.69) is 5.32 Å². The van der Waals surface area contributed by atoms with E-state index in [0.29, 0.717) is 35.4 Å². The second-order valence-electron chi connectivity index (χ2n) is 4.48. The molecule has 1 aromatic rings. The molecular formula is C15H20F2N2O2S2. The van der Waals surface area contributed by atoms with Crippen molar-refractivity contribution in [1.82, 2.24) is 4.90 Å². The Hall–Kier alpha value is -1.28.